The quantitative estimate of drug-likeness (QED) is 0.716. The van der Waals surface area contributed by atoms with E-state index in [0.717, 1.165) is 16.5 Å². The lowest BCUT2D eigenvalue weighted by Crippen LogP contribution is -1.89. The van der Waals surface area contributed by atoms with Gasteiger partial charge in [0.1, 0.15) is 6.61 Å². The van der Waals surface area contributed by atoms with Crippen LogP contribution < -0.4 is 0 Å². The number of fused-ring (bicyclic) bond motifs is 1. The van der Waals surface area contributed by atoms with E-state index in [4.69, 9.17) is 0 Å². The van der Waals surface area contributed by atoms with Gasteiger partial charge in [-0.15, -0.1) is 0 Å². The van der Waals surface area contributed by atoms with Crippen LogP contribution in [-0.2, 0) is 16.1 Å². The van der Waals surface area contributed by atoms with Gasteiger partial charge in [0.05, 0.1) is 5.52 Å². The number of aromatic amines is 1. The summed E-state index contributed by atoms with van der Waals surface area (Å²) < 4.78 is 4.63. The van der Waals surface area contributed by atoms with Gasteiger partial charge in [0, 0.05) is 11.6 Å². The fourth-order valence-corrected chi connectivity index (χ4v) is 1.20. The van der Waals surface area contributed by atoms with E-state index in [0.29, 0.717) is 13.1 Å². The summed E-state index contributed by atoms with van der Waals surface area (Å²) in [6, 6.07) is 5.72. The van der Waals surface area contributed by atoms with Crippen LogP contribution in [0.1, 0.15) is 5.56 Å². The van der Waals surface area contributed by atoms with Crippen LogP contribution in [0.15, 0.2) is 24.4 Å². The van der Waals surface area contributed by atoms with Crippen molar-refractivity contribution in [1.29, 1.82) is 0 Å². The largest absolute Gasteiger partial charge is 0.463 e. The number of carbonyl (C=O) groups excluding carboxylic acids is 1. The average Bonchev–Trinajstić information content (AvgIpc) is 2.61. The summed E-state index contributed by atoms with van der Waals surface area (Å²) in [6.07, 6.45) is 1.82. The number of nitrogens with one attached hydrogen (secondary N) is 1. The Morgan fingerprint density at radius 2 is 2.46 bits per heavy atom. The highest BCUT2D eigenvalue weighted by Crippen LogP contribution is 2.12. The molecule has 1 N–H and O–H groups in total. The maximum Gasteiger partial charge on any atom is 0.293 e. The Morgan fingerprint density at radius 3 is 3.31 bits per heavy atom. The molecule has 0 saturated heterocycles. The van der Waals surface area contributed by atoms with Gasteiger partial charge >= 0.3 is 0 Å². The second-order valence-corrected chi connectivity index (χ2v) is 2.69. The molecule has 0 spiro atoms. The summed E-state index contributed by atoms with van der Waals surface area (Å²) in [5, 5.41) is 7.83. The summed E-state index contributed by atoms with van der Waals surface area (Å²) >= 11 is 0. The zero-order chi connectivity index (χ0) is 9.10. The predicted molar refractivity (Wildman–Crippen MR) is 46.9 cm³/mol. The smallest absolute Gasteiger partial charge is 0.293 e. The minimum atomic E-state index is 0.298. The van der Waals surface area contributed by atoms with E-state index in [9.17, 15) is 4.79 Å². The van der Waals surface area contributed by atoms with Crippen molar-refractivity contribution >= 4 is 17.4 Å². The van der Waals surface area contributed by atoms with E-state index in [2.05, 4.69) is 14.9 Å². The summed E-state index contributed by atoms with van der Waals surface area (Å²) in [5.41, 5.74) is 1.82. The molecule has 1 aromatic heterocycles. The summed E-state index contributed by atoms with van der Waals surface area (Å²) in [7, 11) is 0. The highest BCUT2D eigenvalue weighted by atomic mass is 16.5. The Kier molecular flexibility index (Phi) is 1.96. The molecule has 0 atom stereocenters. The number of hydrogen-bond acceptors (Lipinski definition) is 3. The summed E-state index contributed by atoms with van der Waals surface area (Å²) in [4.78, 5) is 9.95. The molecule has 0 amide bonds. The first-order chi connectivity index (χ1) is 6.40. The van der Waals surface area contributed by atoms with Crippen LogP contribution in [0, 0.1) is 0 Å². The molecule has 0 bridgehead atoms. The normalized spacial score (nSPS) is 10.2. The number of carbonyl (C=O) groups is 1. The summed E-state index contributed by atoms with van der Waals surface area (Å²) in [5.74, 6) is 0. The predicted octanol–water partition coefficient (Wildman–Crippen LogP) is 1.24. The third kappa shape index (κ3) is 1.51. The first kappa shape index (κ1) is 7.79. The first-order valence-electron chi connectivity index (χ1n) is 3.88. The second kappa shape index (κ2) is 3.26. The summed E-state index contributed by atoms with van der Waals surface area (Å²) in [6.45, 7) is 0.737. The van der Waals surface area contributed by atoms with Crippen LogP contribution in [0.3, 0.4) is 0 Å². The van der Waals surface area contributed by atoms with E-state index >= 15 is 0 Å². The lowest BCUT2D eigenvalue weighted by molar-refractivity contribution is -0.129. The molecular formula is C9H8N2O2. The molecule has 0 saturated carbocycles. The highest BCUT2D eigenvalue weighted by Gasteiger charge is 1.97. The Hall–Kier alpha value is -1.84. The van der Waals surface area contributed by atoms with E-state index < -0.39 is 0 Å². The molecule has 0 aliphatic rings. The fourth-order valence-electron chi connectivity index (χ4n) is 1.20. The SMILES string of the molecule is O=COCc1ccc2c[nH]nc2c1. The maximum atomic E-state index is 9.95. The molecule has 1 heterocycles. The van der Waals surface area contributed by atoms with Gasteiger partial charge in [0.2, 0.25) is 0 Å². The molecule has 2 aromatic rings. The minimum absolute atomic E-state index is 0.298. The standard InChI is InChI=1S/C9H8N2O2/c12-6-13-5-7-1-2-8-4-10-11-9(8)3-7/h1-4,6H,5H2,(H,10,11). The van der Waals surface area contributed by atoms with Gasteiger partial charge in [0.15, 0.2) is 0 Å². The molecule has 0 aliphatic carbocycles. The molecular weight excluding hydrogens is 168 g/mol. The number of aromatic nitrogens is 2. The highest BCUT2D eigenvalue weighted by molar-refractivity contribution is 5.78. The van der Waals surface area contributed by atoms with Crippen LogP contribution in [-0.4, -0.2) is 16.7 Å². The molecule has 2 rings (SSSR count). The minimum Gasteiger partial charge on any atom is -0.463 e. The van der Waals surface area contributed by atoms with Crippen molar-refractivity contribution in [3.8, 4) is 0 Å². The molecule has 0 aliphatic heterocycles. The Labute approximate surface area is 74.5 Å². The van der Waals surface area contributed by atoms with Crippen molar-refractivity contribution < 1.29 is 9.53 Å². The maximum absolute atomic E-state index is 9.95. The van der Waals surface area contributed by atoms with Gasteiger partial charge in [-0.05, 0) is 11.6 Å². The fraction of sp³-hybridized carbons (Fsp3) is 0.111. The number of H-pyrrole nitrogens is 1. The van der Waals surface area contributed by atoms with Gasteiger partial charge in [-0.25, -0.2) is 0 Å². The van der Waals surface area contributed by atoms with Gasteiger partial charge in [-0.2, -0.15) is 5.10 Å². The lowest BCUT2D eigenvalue weighted by Gasteiger charge is -1.97. The Bertz CT molecular complexity index is 422. The monoisotopic (exact) mass is 176 g/mol. The van der Waals surface area contributed by atoms with Gasteiger partial charge < -0.3 is 4.74 Å². The zero-order valence-electron chi connectivity index (χ0n) is 6.86. The number of benzene rings is 1. The van der Waals surface area contributed by atoms with Crippen LogP contribution in [0.25, 0.3) is 10.9 Å². The Morgan fingerprint density at radius 1 is 1.54 bits per heavy atom. The van der Waals surface area contributed by atoms with Crippen molar-refractivity contribution in [2.45, 2.75) is 6.61 Å². The molecule has 0 radical (unpaired) electrons. The van der Waals surface area contributed by atoms with Crippen LogP contribution >= 0.6 is 0 Å². The van der Waals surface area contributed by atoms with Gasteiger partial charge in [-0.3, -0.25) is 9.89 Å². The third-order valence-electron chi connectivity index (χ3n) is 1.82. The molecule has 4 heteroatoms. The van der Waals surface area contributed by atoms with E-state index in [1.807, 2.05) is 24.4 Å². The third-order valence-corrected chi connectivity index (χ3v) is 1.82. The van der Waals surface area contributed by atoms with Crippen LogP contribution in [0.5, 0.6) is 0 Å². The molecule has 0 fully saturated rings. The van der Waals surface area contributed by atoms with E-state index in [1.165, 1.54) is 0 Å². The Balaban J connectivity index is 2.31. The number of rotatable bonds is 3. The van der Waals surface area contributed by atoms with Crippen molar-refractivity contribution in [2.75, 3.05) is 0 Å². The van der Waals surface area contributed by atoms with Crippen molar-refractivity contribution in [2.24, 2.45) is 0 Å². The van der Waals surface area contributed by atoms with Crippen molar-refractivity contribution in [1.82, 2.24) is 10.2 Å². The average molecular weight is 176 g/mol. The number of nitrogens with zero attached hydrogens (tertiary/aromatic N) is 1. The lowest BCUT2D eigenvalue weighted by atomic mass is 10.2. The van der Waals surface area contributed by atoms with Crippen LogP contribution in [0.2, 0.25) is 0 Å². The van der Waals surface area contributed by atoms with Gasteiger partial charge in [0.25, 0.3) is 6.47 Å². The van der Waals surface area contributed by atoms with Crippen LogP contribution in [0.4, 0.5) is 0 Å². The van der Waals surface area contributed by atoms with E-state index in [-0.39, 0.29) is 0 Å². The second-order valence-electron chi connectivity index (χ2n) is 2.69. The molecule has 4 nitrogen and oxygen atoms in total. The number of hydrogen-bond donors (Lipinski definition) is 1. The first-order valence-corrected chi connectivity index (χ1v) is 3.88. The van der Waals surface area contributed by atoms with Gasteiger partial charge in [-0.1, -0.05) is 12.1 Å². The van der Waals surface area contributed by atoms with Crippen molar-refractivity contribution in [3.05, 3.63) is 30.0 Å². The number of ether oxygens (including phenoxy) is 1. The van der Waals surface area contributed by atoms with Crippen molar-refractivity contribution in [3.63, 3.8) is 0 Å². The molecule has 13 heavy (non-hydrogen) atoms. The molecule has 0 unspecified atom stereocenters. The molecule has 66 valence electrons. The van der Waals surface area contributed by atoms with E-state index in [1.54, 1.807) is 0 Å². The zero-order valence-corrected chi connectivity index (χ0v) is 6.86. The molecule has 1 aromatic carbocycles. The topological polar surface area (TPSA) is 55.0 Å².